The van der Waals surface area contributed by atoms with Crippen molar-refractivity contribution in [3.8, 4) is 17.2 Å². The van der Waals surface area contributed by atoms with Crippen molar-refractivity contribution in [3.63, 3.8) is 0 Å². The van der Waals surface area contributed by atoms with Gasteiger partial charge in [-0.2, -0.15) is 0 Å². The maximum Gasteiger partial charge on any atom is 0.371 e. The average Bonchev–Trinajstić information content (AvgIpc) is 3.11. The van der Waals surface area contributed by atoms with Gasteiger partial charge in [0.2, 0.25) is 11.5 Å². The van der Waals surface area contributed by atoms with Crippen LogP contribution >= 0.6 is 0 Å². The van der Waals surface area contributed by atoms with Crippen LogP contribution in [0.3, 0.4) is 0 Å². The van der Waals surface area contributed by atoms with Gasteiger partial charge in [-0.15, -0.1) is 0 Å². The summed E-state index contributed by atoms with van der Waals surface area (Å²) >= 11 is 0. The highest BCUT2D eigenvalue weighted by Crippen LogP contribution is 2.39. The van der Waals surface area contributed by atoms with E-state index in [2.05, 4.69) is 5.32 Å². The molecule has 1 amide bonds. The largest absolute Gasteiger partial charge is 0.493 e. The Bertz CT molecular complexity index is 766. The predicted molar refractivity (Wildman–Crippen MR) is 87.8 cm³/mol. The molecule has 134 valence electrons. The Morgan fingerprint density at radius 2 is 1.68 bits per heavy atom. The SMILES string of the molecule is COc1ccc(CCNC(=O)c2ccc(C(=O)O)o2)c(OC)c1OC. The number of ether oxygens (including phenoxy) is 3. The molecule has 1 heterocycles. The number of carboxylic acid groups (broad SMARTS) is 1. The Kier molecular flexibility index (Phi) is 5.89. The second kappa shape index (κ2) is 8.09. The Morgan fingerprint density at radius 3 is 2.24 bits per heavy atom. The van der Waals surface area contributed by atoms with E-state index in [0.717, 1.165) is 5.56 Å². The molecule has 0 saturated heterocycles. The van der Waals surface area contributed by atoms with Crippen LogP contribution in [0.5, 0.6) is 17.2 Å². The van der Waals surface area contributed by atoms with Crippen LogP contribution in [0.1, 0.15) is 26.7 Å². The smallest absolute Gasteiger partial charge is 0.371 e. The first kappa shape index (κ1) is 18.2. The van der Waals surface area contributed by atoms with Crippen LogP contribution in [0.15, 0.2) is 28.7 Å². The summed E-state index contributed by atoms with van der Waals surface area (Å²) in [5.74, 6) is -0.512. The molecular formula is C17H19NO7. The fourth-order valence-corrected chi connectivity index (χ4v) is 2.33. The number of methoxy groups -OCH3 is 3. The van der Waals surface area contributed by atoms with Crippen molar-refractivity contribution in [2.24, 2.45) is 0 Å². The number of carboxylic acids is 1. The molecule has 25 heavy (non-hydrogen) atoms. The van der Waals surface area contributed by atoms with Crippen molar-refractivity contribution in [2.75, 3.05) is 27.9 Å². The van der Waals surface area contributed by atoms with Crippen LogP contribution in [0.25, 0.3) is 0 Å². The lowest BCUT2D eigenvalue weighted by Gasteiger charge is -2.15. The van der Waals surface area contributed by atoms with Crippen LogP contribution in [0, 0.1) is 0 Å². The molecule has 0 spiro atoms. The van der Waals surface area contributed by atoms with Gasteiger partial charge in [0, 0.05) is 12.1 Å². The summed E-state index contributed by atoms with van der Waals surface area (Å²) in [5.41, 5.74) is 0.825. The minimum Gasteiger partial charge on any atom is -0.493 e. The summed E-state index contributed by atoms with van der Waals surface area (Å²) in [7, 11) is 4.57. The third-order valence-electron chi connectivity index (χ3n) is 3.51. The Labute approximate surface area is 144 Å². The van der Waals surface area contributed by atoms with Crippen LogP contribution in [-0.2, 0) is 6.42 Å². The molecule has 0 aliphatic carbocycles. The molecule has 0 atom stereocenters. The van der Waals surface area contributed by atoms with Crippen molar-refractivity contribution in [3.05, 3.63) is 41.3 Å². The van der Waals surface area contributed by atoms with Crippen molar-refractivity contribution in [2.45, 2.75) is 6.42 Å². The molecule has 2 aromatic rings. The first-order chi connectivity index (χ1) is 12.0. The quantitative estimate of drug-likeness (QED) is 0.750. The molecule has 2 N–H and O–H groups in total. The number of furan rings is 1. The van der Waals surface area contributed by atoms with Crippen LogP contribution < -0.4 is 19.5 Å². The van der Waals surface area contributed by atoms with E-state index < -0.39 is 11.9 Å². The van der Waals surface area contributed by atoms with Gasteiger partial charge >= 0.3 is 5.97 Å². The normalized spacial score (nSPS) is 10.2. The lowest BCUT2D eigenvalue weighted by molar-refractivity contribution is 0.0659. The van der Waals surface area contributed by atoms with Crippen molar-refractivity contribution in [1.29, 1.82) is 0 Å². The maximum atomic E-state index is 12.0. The topological polar surface area (TPSA) is 107 Å². The van der Waals surface area contributed by atoms with Crippen molar-refractivity contribution in [1.82, 2.24) is 5.32 Å². The highest BCUT2D eigenvalue weighted by atomic mass is 16.5. The van der Waals surface area contributed by atoms with E-state index in [9.17, 15) is 9.59 Å². The lowest BCUT2D eigenvalue weighted by atomic mass is 10.1. The second-order valence-electron chi connectivity index (χ2n) is 4.97. The molecule has 0 bridgehead atoms. The van der Waals surface area contributed by atoms with Gasteiger partial charge in [-0.25, -0.2) is 4.79 Å². The highest BCUT2D eigenvalue weighted by molar-refractivity contribution is 5.93. The Balaban J connectivity index is 2.03. The monoisotopic (exact) mass is 349 g/mol. The number of hydrogen-bond donors (Lipinski definition) is 2. The first-order valence-corrected chi connectivity index (χ1v) is 7.41. The summed E-state index contributed by atoms with van der Waals surface area (Å²) in [6.07, 6.45) is 0.474. The number of aromatic carboxylic acids is 1. The fraction of sp³-hybridized carbons (Fsp3) is 0.294. The minimum atomic E-state index is -1.23. The molecule has 1 aromatic heterocycles. The number of hydrogen-bond acceptors (Lipinski definition) is 6. The van der Waals surface area contributed by atoms with Gasteiger partial charge in [-0.05, 0) is 24.6 Å². The Morgan fingerprint density at radius 1 is 1.00 bits per heavy atom. The van der Waals surface area contributed by atoms with Crippen LogP contribution in [0.4, 0.5) is 0 Å². The number of amides is 1. The summed E-state index contributed by atoms with van der Waals surface area (Å²) in [6.45, 7) is 0.299. The van der Waals surface area contributed by atoms with Crippen molar-refractivity contribution >= 4 is 11.9 Å². The zero-order valence-corrected chi connectivity index (χ0v) is 14.1. The maximum absolute atomic E-state index is 12.0. The summed E-state index contributed by atoms with van der Waals surface area (Å²) in [5, 5.41) is 11.5. The Hall–Kier alpha value is -3.16. The number of benzene rings is 1. The van der Waals surface area contributed by atoms with E-state index in [1.165, 1.54) is 33.5 Å². The first-order valence-electron chi connectivity index (χ1n) is 7.41. The summed E-state index contributed by atoms with van der Waals surface area (Å²) in [4.78, 5) is 22.7. The number of rotatable bonds is 8. The van der Waals surface area contributed by atoms with E-state index in [-0.39, 0.29) is 11.5 Å². The molecule has 8 nitrogen and oxygen atoms in total. The molecule has 0 saturated carbocycles. The fourth-order valence-electron chi connectivity index (χ4n) is 2.33. The van der Waals surface area contributed by atoms with Gasteiger partial charge in [0.1, 0.15) is 0 Å². The van der Waals surface area contributed by atoms with E-state index in [0.29, 0.717) is 30.2 Å². The van der Waals surface area contributed by atoms with Gasteiger partial charge in [-0.1, -0.05) is 6.07 Å². The average molecular weight is 349 g/mol. The third kappa shape index (κ3) is 4.03. The van der Waals surface area contributed by atoms with Gasteiger partial charge in [0.15, 0.2) is 17.3 Å². The number of nitrogens with one attached hydrogen (secondary N) is 1. The zero-order valence-electron chi connectivity index (χ0n) is 14.1. The van der Waals surface area contributed by atoms with E-state index in [4.69, 9.17) is 23.7 Å². The van der Waals surface area contributed by atoms with Gasteiger partial charge in [0.05, 0.1) is 21.3 Å². The van der Waals surface area contributed by atoms with E-state index >= 15 is 0 Å². The zero-order chi connectivity index (χ0) is 18.4. The van der Waals surface area contributed by atoms with Crippen LogP contribution in [0.2, 0.25) is 0 Å². The standard InChI is InChI=1S/C17H19NO7/c1-22-11-5-4-10(14(23-2)15(11)24-3)8-9-18-16(19)12-6-7-13(25-12)17(20)21/h4-7H,8-9H2,1-3H3,(H,18,19)(H,20,21). The molecule has 1 aromatic carbocycles. The lowest BCUT2D eigenvalue weighted by Crippen LogP contribution is -2.25. The summed E-state index contributed by atoms with van der Waals surface area (Å²) < 4.78 is 20.9. The third-order valence-corrected chi connectivity index (χ3v) is 3.51. The van der Waals surface area contributed by atoms with Gasteiger partial charge in [0.25, 0.3) is 5.91 Å². The van der Waals surface area contributed by atoms with Gasteiger partial charge < -0.3 is 29.1 Å². The molecule has 8 heteroatoms. The number of carbonyl (C=O) groups is 2. The van der Waals surface area contributed by atoms with Crippen molar-refractivity contribution < 1.29 is 33.3 Å². The molecule has 0 aliphatic heterocycles. The molecule has 0 unspecified atom stereocenters. The molecule has 0 aliphatic rings. The molecule has 0 radical (unpaired) electrons. The molecular weight excluding hydrogens is 330 g/mol. The molecule has 0 fully saturated rings. The summed E-state index contributed by atoms with van der Waals surface area (Å²) in [6, 6.07) is 6.12. The van der Waals surface area contributed by atoms with Gasteiger partial charge in [-0.3, -0.25) is 4.79 Å². The number of carbonyl (C=O) groups excluding carboxylic acids is 1. The minimum absolute atomic E-state index is 0.0586. The predicted octanol–water partition coefficient (Wildman–Crippen LogP) is 1.98. The van der Waals surface area contributed by atoms with Crippen LogP contribution in [-0.4, -0.2) is 44.9 Å². The van der Waals surface area contributed by atoms with E-state index in [1.807, 2.05) is 6.07 Å². The molecule has 2 rings (SSSR count). The van der Waals surface area contributed by atoms with E-state index in [1.54, 1.807) is 6.07 Å². The second-order valence-corrected chi connectivity index (χ2v) is 4.97. The highest BCUT2D eigenvalue weighted by Gasteiger charge is 2.17.